The van der Waals surface area contributed by atoms with Crippen LogP contribution in [0.15, 0.2) is 46.5 Å². The van der Waals surface area contributed by atoms with Crippen LogP contribution in [-0.2, 0) is 13.6 Å². The van der Waals surface area contributed by atoms with Gasteiger partial charge in [-0.1, -0.05) is 25.1 Å². The van der Waals surface area contributed by atoms with E-state index in [4.69, 9.17) is 0 Å². The van der Waals surface area contributed by atoms with Crippen molar-refractivity contribution >= 4 is 41.7 Å². The molecule has 0 bridgehead atoms. The lowest BCUT2D eigenvalue weighted by Crippen LogP contribution is -2.40. The molecule has 0 aliphatic carbocycles. The third-order valence-electron chi connectivity index (χ3n) is 3.17. The van der Waals surface area contributed by atoms with Crippen LogP contribution in [0, 0.1) is 0 Å². The molecule has 24 heavy (non-hydrogen) atoms. The molecule has 6 nitrogen and oxygen atoms in total. The van der Waals surface area contributed by atoms with E-state index in [1.807, 2.05) is 29.4 Å². The third-order valence-corrected chi connectivity index (χ3v) is 4.28. The molecule has 0 aliphatic heterocycles. The van der Waals surface area contributed by atoms with E-state index in [0.717, 1.165) is 24.9 Å². The van der Waals surface area contributed by atoms with E-state index >= 15 is 0 Å². The van der Waals surface area contributed by atoms with Crippen molar-refractivity contribution < 1.29 is 0 Å². The quantitative estimate of drug-likeness (QED) is 0.288. The van der Waals surface area contributed by atoms with Crippen LogP contribution in [0.2, 0.25) is 0 Å². The number of rotatable bonds is 7. The number of hydrogen-bond donors (Lipinski definition) is 2. The highest BCUT2D eigenvalue weighted by Crippen LogP contribution is 2.21. The van der Waals surface area contributed by atoms with Gasteiger partial charge < -0.3 is 15.2 Å². The summed E-state index contributed by atoms with van der Waals surface area (Å²) >= 11 is 1.85. The second-order valence-corrected chi connectivity index (χ2v) is 6.69. The lowest BCUT2D eigenvalue weighted by Gasteiger charge is -2.15. The fourth-order valence-corrected chi connectivity index (χ4v) is 2.90. The molecular formula is C16H25IN6S. The maximum atomic E-state index is 4.56. The molecule has 0 saturated heterocycles. The summed E-state index contributed by atoms with van der Waals surface area (Å²) in [7, 11) is 1.92. The van der Waals surface area contributed by atoms with Gasteiger partial charge in [0.05, 0.1) is 0 Å². The zero-order valence-corrected chi connectivity index (χ0v) is 17.4. The second kappa shape index (κ2) is 11.3. The molecule has 1 unspecified atom stereocenters. The van der Waals surface area contributed by atoms with Gasteiger partial charge in [-0.3, -0.25) is 0 Å². The Morgan fingerprint density at radius 3 is 2.67 bits per heavy atom. The average molecular weight is 460 g/mol. The molecule has 0 aliphatic rings. The van der Waals surface area contributed by atoms with E-state index in [-0.39, 0.29) is 24.0 Å². The highest BCUT2D eigenvalue weighted by molar-refractivity contribution is 14.0. The van der Waals surface area contributed by atoms with Crippen molar-refractivity contribution in [3.63, 3.8) is 0 Å². The van der Waals surface area contributed by atoms with Gasteiger partial charge in [0.1, 0.15) is 12.9 Å². The number of aromatic nitrogens is 3. The normalized spacial score (nSPS) is 12.4. The van der Waals surface area contributed by atoms with Crippen LogP contribution in [0.1, 0.15) is 19.7 Å². The third kappa shape index (κ3) is 7.08. The van der Waals surface area contributed by atoms with Crippen molar-refractivity contribution in [2.24, 2.45) is 12.0 Å². The van der Waals surface area contributed by atoms with Crippen LogP contribution < -0.4 is 10.6 Å². The lowest BCUT2D eigenvalue weighted by atomic mass is 10.4. The first-order valence-electron chi connectivity index (χ1n) is 7.75. The topological polar surface area (TPSA) is 67.1 Å². The van der Waals surface area contributed by atoms with Crippen LogP contribution in [0.4, 0.5) is 0 Å². The van der Waals surface area contributed by atoms with Gasteiger partial charge in [0.25, 0.3) is 0 Å². The smallest absolute Gasteiger partial charge is 0.191 e. The average Bonchev–Trinajstić information content (AvgIpc) is 2.96. The molecule has 2 rings (SSSR count). The standard InChI is InChI=1S/C16H24N6S.HI/c1-4-17-16(19-11-15-21-20-12-22(15)3)18-10-13(2)23-14-8-6-5-7-9-14;/h5-9,12-13H,4,10-11H2,1-3H3,(H2,17,18,19);1H. The molecule has 1 atom stereocenters. The number of benzene rings is 1. The molecule has 1 heterocycles. The van der Waals surface area contributed by atoms with Crippen molar-refractivity contribution in [2.75, 3.05) is 13.1 Å². The fourth-order valence-electron chi connectivity index (χ4n) is 1.96. The van der Waals surface area contributed by atoms with Crippen molar-refractivity contribution in [3.05, 3.63) is 42.5 Å². The number of guanidine groups is 1. The summed E-state index contributed by atoms with van der Waals surface area (Å²) in [5.74, 6) is 1.64. The Morgan fingerprint density at radius 2 is 2.04 bits per heavy atom. The Labute approximate surface area is 164 Å². The largest absolute Gasteiger partial charge is 0.357 e. The molecule has 0 radical (unpaired) electrons. The fraction of sp³-hybridized carbons (Fsp3) is 0.438. The predicted octanol–water partition coefficient (Wildman–Crippen LogP) is 2.67. The van der Waals surface area contributed by atoms with Crippen LogP contribution in [0.5, 0.6) is 0 Å². The molecule has 0 saturated carbocycles. The summed E-state index contributed by atoms with van der Waals surface area (Å²) in [5, 5.41) is 15.0. The minimum absolute atomic E-state index is 0. The first-order chi connectivity index (χ1) is 11.2. The van der Waals surface area contributed by atoms with Crippen LogP contribution >= 0.6 is 35.7 Å². The molecule has 1 aromatic heterocycles. The summed E-state index contributed by atoms with van der Waals surface area (Å²) in [6.45, 7) is 6.43. The van der Waals surface area contributed by atoms with Gasteiger partial charge in [0.15, 0.2) is 11.8 Å². The first-order valence-corrected chi connectivity index (χ1v) is 8.63. The Balaban J connectivity index is 0.00000288. The molecule has 2 N–H and O–H groups in total. The predicted molar refractivity (Wildman–Crippen MR) is 111 cm³/mol. The molecule has 0 fully saturated rings. The van der Waals surface area contributed by atoms with Gasteiger partial charge in [0.2, 0.25) is 0 Å². The summed E-state index contributed by atoms with van der Waals surface area (Å²) in [4.78, 5) is 5.84. The zero-order chi connectivity index (χ0) is 16.5. The maximum absolute atomic E-state index is 4.56. The van der Waals surface area contributed by atoms with Gasteiger partial charge in [-0.15, -0.1) is 45.9 Å². The number of halogens is 1. The number of nitrogens with one attached hydrogen (secondary N) is 2. The number of hydrogen-bond acceptors (Lipinski definition) is 4. The van der Waals surface area contributed by atoms with Crippen molar-refractivity contribution in [1.29, 1.82) is 0 Å². The zero-order valence-electron chi connectivity index (χ0n) is 14.3. The SMILES string of the molecule is CCNC(=NCc1nncn1C)NCC(C)Sc1ccccc1.I. The number of nitrogens with zero attached hydrogens (tertiary/aromatic N) is 4. The molecule has 0 spiro atoms. The van der Waals surface area contributed by atoms with E-state index in [1.54, 1.807) is 6.33 Å². The first kappa shape index (κ1) is 20.8. The van der Waals surface area contributed by atoms with Crippen LogP contribution in [-0.4, -0.2) is 39.1 Å². The Kier molecular flexibility index (Phi) is 9.77. The molecule has 0 amide bonds. The Bertz CT molecular complexity index is 616. The Hall–Kier alpha value is -1.29. The van der Waals surface area contributed by atoms with Gasteiger partial charge in [-0.2, -0.15) is 0 Å². The lowest BCUT2D eigenvalue weighted by molar-refractivity contribution is 0.761. The van der Waals surface area contributed by atoms with Crippen molar-refractivity contribution in [2.45, 2.75) is 30.5 Å². The van der Waals surface area contributed by atoms with Crippen molar-refractivity contribution in [3.8, 4) is 0 Å². The van der Waals surface area contributed by atoms with Crippen molar-refractivity contribution in [1.82, 2.24) is 25.4 Å². The number of aliphatic imine (C=N–C) groups is 1. The Morgan fingerprint density at radius 1 is 1.29 bits per heavy atom. The maximum Gasteiger partial charge on any atom is 0.191 e. The van der Waals surface area contributed by atoms with Crippen LogP contribution in [0.25, 0.3) is 0 Å². The minimum Gasteiger partial charge on any atom is -0.357 e. The van der Waals surface area contributed by atoms with Gasteiger partial charge in [-0.25, -0.2) is 4.99 Å². The van der Waals surface area contributed by atoms with E-state index in [1.165, 1.54) is 4.90 Å². The minimum atomic E-state index is 0. The number of aryl methyl sites for hydroxylation is 1. The highest BCUT2D eigenvalue weighted by Gasteiger charge is 2.06. The second-order valence-electron chi connectivity index (χ2n) is 5.18. The van der Waals surface area contributed by atoms with Gasteiger partial charge >= 0.3 is 0 Å². The monoisotopic (exact) mass is 460 g/mol. The molecule has 132 valence electrons. The van der Waals surface area contributed by atoms with Gasteiger partial charge in [0, 0.05) is 30.3 Å². The molecule has 1 aromatic carbocycles. The molecular weight excluding hydrogens is 435 g/mol. The summed E-state index contributed by atoms with van der Waals surface area (Å²) in [6, 6.07) is 10.4. The molecule has 8 heteroatoms. The highest BCUT2D eigenvalue weighted by atomic mass is 127. The van der Waals surface area contributed by atoms with E-state index in [2.05, 4.69) is 63.9 Å². The molecule has 2 aromatic rings. The van der Waals surface area contributed by atoms with E-state index < -0.39 is 0 Å². The summed E-state index contributed by atoms with van der Waals surface area (Å²) < 4.78 is 1.88. The summed E-state index contributed by atoms with van der Waals surface area (Å²) in [5.41, 5.74) is 0. The van der Waals surface area contributed by atoms with Crippen LogP contribution in [0.3, 0.4) is 0 Å². The van der Waals surface area contributed by atoms with E-state index in [9.17, 15) is 0 Å². The van der Waals surface area contributed by atoms with E-state index in [0.29, 0.717) is 11.8 Å². The van der Waals surface area contributed by atoms with Gasteiger partial charge in [-0.05, 0) is 19.1 Å². The number of thioether (sulfide) groups is 1. The summed E-state index contributed by atoms with van der Waals surface area (Å²) in [6.07, 6.45) is 1.68.